The molecule has 0 bridgehead atoms. The summed E-state index contributed by atoms with van der Waals surface area (Å²) in [5, 5.41) is 3.63. The summed E-state index contributed by atoms with van der Waals surface area (Å²) in [5.41, 5.74) is 9.61. The lowest BCUT2D eigenvalue weighted by atomic mass is 10.0. The van der Waals surface area contributed by atoms with Crippen LogP contribution in [0.2, 0.25) is 0 Å². The second kappa shape index (κ2) is 9.19. The molecule has 0 amide bonds. The summed E-state index contributed by atoms with van der Waals surface area (Å²) >= 11 is 0. The molecule has 0 aliphatic carbocycles. The van der Waals surface area contributed by atoms with Gasteiger partial charge >= 0.3 is 11.9 Å². The van der Waals surface area contributed by atoms with Crippen LogP contribution < -0.4 is 0 Å². The molecule has 1 aliphatic rings. The van der Waals surface area contributed by atoms with Gasteiger partial charge in [0.1, 0.15) is 12.2 Å². The molecular weight excluding hydrogens is 342 g/mol. The van der Waals surface area contributed by atoms with Gasteiger partial charge in [0.25, 0.3) is 0 Å². The van der Waals surface area contributed by atoms with Gasteiger partial charge in [-0.3, -0.25) is 9.59 Å². The second-order valence-corrected chi connectivity index (χ2v) is 5.86. The van der Waals surface area contributed by atoms with Crippen LogP contribution in [-0.4, -0.2) is 42.6 Å². The predicted octanol–water partition coefficient (Wildman–Crippen LogP) is 2.49. The first-order valence-corrected chi connectivity index (χ1v) is 8.12. The van der Waals surface area contributed by atoms with E-state index in [4.69, 9.17) is 24.5 Å². The lowest BCUT2D eigenvalue weighted by Crippen LogP contribution is -2.42. The maximum absolute atomic E-state index is 11.5. The average molecular weight is 363 g/mol. The summed E-state index contributed by atoms with van der Waals surface area (Å²) in [4.78, 5) is 25.6. The zero-order valence-electron chi connectivity index (χ0n) is 14.8. The Bertz CT molecular complexity index is 676. The van der Waals surface area contributed by atoms with Crippen molar-refractivity contribution in [3.8, 4) is 0 Å². The number of benzene rings is 1. The fourth-order valence-corrected chi connectivity index (χ4v) is 2.72. The molecule has 0 N–H and O–H groups in total. The first kappa shape index (κ1) is 19.7. The van der Waals surface area contributed by atoms with E-state index in [1.165, 1.54) is 13.8 Å². The zero-order chi connectivity index (χ0) is 19.1. The van der Waals surface area contributed by atoms with Crippen LogP contribution in [0.1, 0.15) is 26.3 Å². The summed E-state index contributed by atoms with van der Waals surface area (Å²) < 4.78 is 22.0. The Labute approximate surface area is 150 Å². The molecule has 26 heavy (non-hydrogen) atoms. The Balaban J connectivity index is 2.24. The Morgan fingerprint density at radius 2 is 1.85 bits per heavy atom. The van der Waals surface area contributed by atoms with Crippen LogP contribution in [-0.2, 0) is 35.1 Å². The monoisotopic (exact) mass is 363 g/mol. The molecule has 1 heterocycles. The van der Waals surface area contributed by atoms with Crippen molar-refractivity contribution in [2.75, 3.05) is 0 Å². The van der Waals surface area contributed by atoms with Crippen LogP contribution >= 0.6 is 0 Å². The minimum Gasteiger partial charge on any atom is -0.453 e. The Kier molecular flexibility index (Phi) is 6.97. The number of azide groups is 1. The van der Waals surface area contributed by atoms with Crippen molar-refractivity contribution < 1.29 is 28.5 Å². The average Bonchev–Trinajstić information content (AvgIpc) is 2.90. The molecule has 2 rings (SSSR count). The van der Waals surface area contributed by atoms with E-state index in [-0.39, 0.29) is 6.61 Å². The highest BCUT2D eigenvalue weighted by molar-refractivity contribution is 5.67. The quantitative estimate of drug-likeness (QED) is 0.318. The van der Waals surface area contributed by atoms with Gasteiger partial charge in [-0.15, -0.1) is 0 Å². The first-order chi connectivity index (χ1) is 12.4. The number of rotatable bonds is 7. The minimum atomic E-state index is -1.14. The number of esters is 2. The van der Waals surface area contributed by atoms with Crippen molar-refractivity contribution in [3.63, 3.8) is 0 Å². The van der Waals surface area contributed by atoms with Gasteiger partial charge in [-0.25, -0.2) is 0 Å². The third kappa shape index (κ3) is 5.19. The van der Waals surface area contributed by atoms with Crippen molar-refractivity contribution in [1.82, 2.24) is 0 Å². The molecule has 1 aromatic rings. The van der Waals surface area contributed by atoms with Gasteiger partial charge in [0, 0.05) is 18.8 Å². The Hall–Kier alpha value is -2.61. The number of hydrogen-bond acceptors (Lipinski definition) is 7. The summed E-state index contributed by atoms with van der Waals surface area (Å²) in [6, 6.07) is 8.76. The highest BCUT2D eigenvalue weighted by Crippen LogP contribution is 2.31. The standard InChI is InChI=1S/C17H21N3O6/c1-10(19-20-18)14-15(23-9-13-7-5-4-6-8-13)16(24-11(2)21)17(26-14)25-12(3)22/h4-8,10,14-17H,9H2,1-3H3/t10?,14-,15+,16?,17-/m1/s1. The smallest absolute Gasteiger partial charge is 0.305 e. The van der Waals surface area contributed by atoms with Crippen LogP contribution in [0, 0.1) is 0 Å². The lowest BCUT2D eigenvalue weighted by molar-refractivity contribution is -0.195. The van der Waals surface area contributed by atoms with E-state index in [1.54, 1.807) is 6.92 Å². The fraction of sp³-hybridized carbons (Fsp3) is 0.529. The molecule has 1 fully saturated rings. The highest BCUT2D eigenvalue weighted by Gasteiger charge is 2.51. The highest BCUT2D eigenvalue weighted by atomic mass is 16.7. The lowest BCUT2D eigenvalue weighted by Gasteiger charge is -2.25. The third-order valence-corrected chi connectivity index (χ3v) is 3.79. The number of hydrogen-bond donors (Lipinski definition) is 0. The molecule has 0 radical (unpaired) electrons. The molecule has 5 atom stereocenters. The van der Waals surface area contributed by atoms with E-state index in [0.29, 0.717) is 0 Å². The largest absolute Gasteiger partial charge is 0.453 e. The van der Waals surface area contributed by atoms with E-state index in [2.05, 4.69) is 10.0 Å². The van der Waals surface area contributed by atoms with Crippen molar-refractivity contribution in [2.45, 2.75) is 58.0 Å². The summed E-state index contributed by atoms with van der Waals surface area (Å²) in [6.07, 6.45) is -3.63. The van der Waals surface area contributed by atoms with Gasteiger partial charge in [-0.05, 0) is 11.1 Å². The van der Waals surface area contributed by atoms with Crippen molar-refractivity contribution in [2.24, 2.45) is 5.11 Å². The van der Waals surface area contributed by atoms with Gasteiger partial charge < -0.3 is 18.9 Å². The molecule has 1 saturated heterocycles. The van der Waals surface area contributed by atoms with Crippen molar-refractivity contribution in [1.29, 1.82) is 0 Å². The zero-order valence-corrected chi connectivity index (χ0v) is 14.8. The predicted molar refractivity (Wildman–Crippen MR) is 89.6 cm³/mol. The van der Waals surface area contributed by atoms with Gasteiger partial charge in [0.2, 0.25) is 6.29 Å². The van der Waals surface area contributed by atoms with Crippen LogP contribution in [0.4, 0.5) is 0 Å². The fourth-order valence-electron chi connectivity index (χ4n) is 2.72. The number of nitrogens with zero attached hydrogens (tertiary/aromatic N) is 3. The third-order valence-electron chi connectivity index (χ3n) is 3.79. The van der Waals surface area contributed by atoms with Gasteiger partial charge in [0.05, 0.1) is 12.6 Å². The van der Waals surface area contributed by atoms with E-state index in [9.17, 15) is 9.59 Å². The molecule has 9 heteroatoms. The van der Waals surface area contributed by atoms with Crippen LogP contribution in [0.25, 0.3) is 10.4 Å². The topological polar surface area (TPSA) is 120 Å². The molecular formula is C17H21N3O6. The van der Waals surface area contributed by atoms with Crippen LogP contribution in [0.15, 0.2) is 35.4 Å². The number of carbonyl (C=O) groups is 2. The number of ether oxygens (including phenoxy) is 4. The second-order valence-electron chi connectivity index (χ2n) is 5.86. The number of carbonyl (C=O) groups excluding carboxylic acids is 2. The molecule has 1 aliphatic heterocycles. The molecule has 0 saturated carbocycles. The molecule has 1 aromatic carbocycles. The maximum Gasteiger partial charge on any atom is 0.305 e. The maximum atomic E-state index is 11.5. The SMILES string of the molecule is CC(=O)OC1[C@H](OC(C)=O)O[C@H](C(C)N=[N+]=[N-])[C@@H]1OCc1ccccc1. The van der Waals surface area contributed by atoms with Gasteiger partial charge in [-0.1, -0.05) is 42.4 Å². The molecule has 140 valence electrons. The molecule has 0 aromatic heterocycles. The van der Waals surface area contributed by atoms with Crippen LogP contribution in [0.3, 0.4) is 0 Å². The van der Waals surface area contributed by atoms with Crippen molar-refractivity contribution >= 4 is 11.9 Å². The normalized spacial score (nSPS) is 25.8. The summed E-state index contributed by atoms with van der Waals surface area (Å²) in [7, 11) is 0. The first-order valence-electron chi connectivity index (χ1n) is 8.12. The van der Waals surface area contributed by atoms with E-state index in [1.807, 2.05) is 30.3 Å². The summed E-state index contributed by atoms with van der Waals surface area (Å²) in [5.74, 6) is -1.16. The minimum absolute atomic E-state index is 0.221. The van der Waals surface area contributed by atoms with Gasteiger partial charge in [-0.2, -0.15) is 0 Å². The van der Waals surface area contributed by atoms with Crippen molar-refractivity contribution in [3.05, 3.63) is 46.3 Å². The Morgan fingerprint density at radius 3 is 2.42 bits per heavy atom. The van der Waals surface area contributed by atoms with E-state index < -0.39 is 42.6 Å². The van der Waals surface area contributed by atoms with E-state index >= 15 is 0 Å². The van der Waals surface area contributed by atoms with E-state index in [0.717, 1.165) is 5.56 Å². The molecule has 2 unspecified atom stereocenters. The van der Waals surface area contributed by atoms with Gasteiger partial charge in [0.15, 0.2) is 6.10 Å². The molecule has 0 spiro atoms. The molecule has 9 nitrogen and oxygen atoms in total. The Morgan fingerprint density at radius 1 is 1.19 bits per heavy atom. The van der Waals surface area contributed by atoms with Crippen LogP contribution in [0.5, 0.6) is 0 Å². The summed E-state index contributed by atoms with van der Waals surface area (Å²) in [6.45, 7) is 4.32.